The number of hydrogen-bond donors (Lipinski definition) is 5. The van der Waals surface area contributed by atoms with Crippen molar-refractivity contribution in [3.8, 4) is 28.4 Å². The number of fused-ring (bicyclic) bond motifs is 1. The molecule has 2 amide bonds. The average molecular weight is 605 g/mol. The molecule has 0 radical (unpaired) electrons. The van der Waals surface area contributed by atoms with Gasteiger partial charge in [-0.25, -0.2) is 4.79 Å². The van der Waals surface area contributed by atoms with Crippen LogP contribution in [0, 0.1) is 17.8 Å². The van der Waals surface area contributed by atoms with Crippen LogP contribution in [0.4, 0.5) is 10.5 Å². The van der Waals surface area contributed by atoms with Crippen LogP contribution in [0.1, 0.15) is 41.6 Å². The summed E-state index contributed by atoms with van der Waals surface area (Å²) < 4.78 is 10.4. The zero-order valence-electron chi connectivity index (χ0n) is 24.3. The van der Waals surface area contributed by atoms with E-state index in [4.69, 9.17) is 15.2 Å². The van der Waals surface area contributed by atoms with E-state index in [0.29, 0.717) is 35.6 Å². The molecule has 0 saturated carbocycles. The molecule has 11 heteroatoms. The van der Waals surface area contributed by atoms with Crippen LogP contribution in [0.25, 0.3) is 11.1 Å². The Kier molecular flexibility index (Phi) is 10.7. The minimum atomic E-state index is -0.897. The van der Waals surface area contributed by atoms with Crippen molar-refractivity contribution in [2.45, 2.75) is 32.1 Å². The number of phenolic OH excluding ortho intramolecular Hbond substituents is 1. The fourth-order valence-corrected chi connectivity index (χ4v) is 5.84. The maximum absolute atomic E-state index is 13.3. The summed E-state index contributed by atoms with van der Waals surface area (Å²) in [4.78, 5) is 49.6. The summed E-state index contributed by atoms with van der Waals surface area (Å²) in [6.07, 6.45) is -0.116. The Morgan fingerprint density at radius 3 is 2.27 bits per heavy atom. The third-order valence-electron chi connectivity index (χ3n) is 7.91. The minimum absolute atomic E-state index is 0.118. The van der Waals surface area contributed by atoms with Crippen molar-refractivity contribution >= 4 is 29.3 Å². The Morgan fingerprint density at radius 2 is 1.66 bits per heavy atom. The summed E-state index contributed by atoms with van der Waals surface area (Å²) in [6.45, 7) is -0.740. The lowest BCUT2D eigenvalue weighted by Crippen LogP contribution is -2.33. The van der Waals surface area contributed by atoms with Gasteiger partial charge in [0.05, 0.1) is 25.7 Å². The van der Waals surface area contributed by atoms with E-state index in [0.717, 1.165) is 11.1 Å². The standard InChI is InChI=1S/C33H36N2O9/c1-43-23-6-8-24(9-7-23)44-33(42)35-22-4-2-20(3-5-22)25-10-11-28(38)32-26(25)15-19(16-30(32)40)14-21(12-13-36)27(18-37)29(39)17-31(34)41/h2-11,19,21,27,36-38H,12-18H2,1H3,(H2,34,41)(H,35,42)/t19-,21-,27?/m1/s1. The largest absolute Gasteiger partial charge is 0.507 e. The molecule has 4 rings (SSSR count). The van der Waals surface area contributed by atoms with Crippen LogP contribution >= 0.6 is 0 Å². The predicted octanol–water partition coefficient (Wildman–Crippen LogP) is 3.87. The average Bonchev–Trinajstić information content (AvgIpc) is 2.98. The van der Waals surface area contributed by atoms with Gasteiger partial charge in [-0.15, -0.1) is 0 Å². The van der Waals surface area contributed by atoms with E-state index in [2.05, 4.69) is 5.32 Å². The number of rotatable bonds is 13. The number of methoxy groups -OCH3 is 1. The molecular formula is C33H36N2O9. The van der Waals surface area contributed by atoms with Gasteiger partial charge in [-0.1, -0.05) is 18.2 Å². The maximum atomic E-state index is 13.3. The third kappa shape index (κ3) is 7.80. The Labute approximate surface area is 254 Å². The normalized spacial score (nSPS) is 15.5. The van der Waals surface area contributed by atoms with Crippen LogP contribution < -0.4 is 20.5 Å². The Morgan fingerprint density at radius 1 is 0.977 bits per heavy atom. The van der Waals surface area contributed by atoms with Crippen molar-refractivity contribution in [1.82, 2.24) is 0 Å². The van der Waals surface area contributed by atoms with Crippen LogP contribution in [0.3, 0.4) is 0 Å². The molecule has 0 fully saturated rings. The molecule has 1 unspecified atom stereocenters. The first-order chi connectivity index (χ1) is 21.1. The second-order valence-corrected chi connectivity index (χ2v) is 10.9. The number of aliphatic hydroxyl groups is 2. The Balaban J connectivity index is 1.52. The number of hydrogen-bond acceptors (Lipinski definition) is 9. The number of nitrogens with one attached hydrogen (secondary N) is 1. The van der Waals surface area contributed by atoms with Gasteiger partial charge in [-0.3, -0.25) is 19.7 Å². The molecule has 11 nitrogen and oxygen atoms in total. The highest BCUT2D eigenvalue weighted by molar-refractivity contribution is 6.03. The van der Waals surface area contributed by atoms with Gasteiger partial charge in [0.1, 0.15) is 23.0 Å². The van der Waals surface area contributed by atoms with Crippen molar-refractivity contribution in [3.05, 3.63) is 71.8 Å². The van der Waals surface area contributed by atoms with Crippen LogP contribution in [0.2, 0.25) is 0 Å². The Hall–Kier alpha value is -4.74. The molecule has 0 aliphatic heterocycles. The smallest absolute Gasteiger partial charge is 0.417 e. The summed E-state index contributed by atoms with van der Waals surface area (Å²) in [6, 6.07) is 16.7. The SMILES string of the molecule is COc1ccc(OC(=O)Nc2ccc(-c3ccc(O)c4c3C[C@@H](C[C@@H](CCO)C(CO)C(=O)CC(N)=O)CC4=O)cc2)cc1. The Bertz CT molecular complexity index is 1500. The fourth-order valence-electron chi connectivity index (χ4n) is 5.84. The van der Waals surface area contributed by atoms with Gasteiger partial charge >= 0.3 is 6.09 Å². The summed E-state index contributed by atoms with van der Waals surface area (Å²) in [7, 11) is 1.54. The lowest BCUT2D eigenvalue weighted by molar-refractivity contribution is -0.131. The molecule has 0 saturated heterocycles. The fraction of sp³-hybridized carbons (Fsp3) is 0.333. The van der Waals surface area contributed by atoms with Gasteiger partial charge in [0.2, 0.25) is 5.91 Å². The summed E-state index contributed by atoms with van der Waals surface area (Å²) >= 11 is 0. The van der Waals surface area contributed by atoms with Gasteiger partial charge in [-0.05, 0) is 90.3 Å². The molecule has 0 spiro atoms. The number of phenols is 1. The monoisotopic (exact) mass is 604 g/mol. The number of nitrogens with two attached hydrogens (primary N) is 1. The number of ether oxygens (including phenoxy) is 2. The van der Waals surface area contributed by atoms with Gasteiger partial charge < -0.3 is 30.5 Å². The lowest BCUT2D eigenvalue weighted by atomic mass is 9.72. The first-order valence-corrected chi connectivity index (χ1v) is 14.3. The van der Waals surface area contributed by atoms with E-state index in [1.807, 2.05) is 0 Å². The van der Waals surface area contributed by atoms with E-state index in [1.165, 1.54) is 6.07 Å². The second-order valence-electron chi connectivity index (χ2n) is 10.9. The molecule has 0 aromatic heterocycles. The number of amides is 2. The first-order valence-electron chi connectivity index (χ1n) is 14.3. The molecule has 3 aromatic rings. The quantitative estimate of drug-likeness (QED) is 0.181. The molecule has 3 atom stereocenters. The van der Waals surface area contributed by atoms with Gasteiger partial charge in [0.25, 0.3) is 0 Å². The number of carbonyl (C=O) groups excluding carboxylic acids is 4. The zero-order valence-corrected chi connectivity index (χ0v) is 24.3. The van der Waals surface area contributed by atoms with Crippen molar-refractivity contribution in [2.75, 3.05) is 25.6 Å². The zero-order chi connectivity index (χ0) is 31.8. The highest BCUT2D eigenvalue weighted by Gasteiger charge is 2.35. The molecule has 44 heavy (non-hydrogen) atoms. The van der Waals surface area contributed by atoms with E-state index >= 15 is 0 Å². The number of anilines is 1. The molecule has 6 N–H and O–H groups in total. The van der Waals surface area contributed by atoms with Crippen molar-refractivity contribution in [1.29, 1.82) is 0 Å². The van der Waals surface area contributed by atoms with Crippen molar-refractivity contribution < 1.29 is 44.0 Å². The molecule has 1 aliphatic carbocycles. The van der Waals surface area contributed by atoms with E-state index in [-0.39, 0.29) is 42.5 Å². The van der Waals surface area contributed by atoms with E-state index in [9.17, 15) is 34.5 Å². The molecule has 0 heterocycles. The second kappa shape index (κ2) is 14.6. The van der Waals surface area contributed by atoms with Crippen LogP contribution in [0.5, 0.6) is 17.2 Å². The molecule has 232 valence electrons. The molecule has 3 aromatic carbocycles. The number of aromatic hydroxyl groups is 1. The first kappa shape index (κ1) is 32.2. The summed E-state index contributed by atoms with van der Waals surface area (Å²) in [5.41, 5.74) is 8.04. The van der Waals surface area contributed by atoms with Gasteiger partial charge in [-0.2, -0.15) is 0 Å². The number of ketones is 2. The number of Topliss-reactive ketones (excluding diaryl/α,β-unsaturated/α-hetero) is 2. The number of primary amides is 1. The molecule has 0 bridgehead atoms. The summed E-state index contributed by atoms with van der Waals surface area (Å²) in [5, 5.41) is 32.9. The van der Waals surface area contributed by atoms with Gasteiger partial charge in [0, 0.05) is 24.6 Å². The summed E-state index contributed by atoms with van der Waals surface area (Å²) in [5.74, 6) is -2.30. The highest BCUT2D eigenvalue weighted by Crippen LogP contribution is 2.41. The third-order valence-corrected chi connectivity index (χ3v) is 7.91. The van der Waals surface area contributed by atoms with Crippen molar-refractivity contribution in [2.24, 2.45) is 23.5 Å². The number of benzene rings is 3. The van der Waals surface area contributed by atoms with Crippen LogP contribution in [0.15, 0.2) is 60.7 Å². The highest BCUT2D eigenvalue weighted by atomic mass is 16.6. The van der Waals surface area contributed by atoms with Crippen molar-refractivity contribution in [3.63, 3.8) is 0 Å². The predicted molar refractivity (Wildman–Crippen MR) is 162 cm³/mol. The molecular weight excluding hydrogens is 568 g/mol. The van der Waals surface area contributed by atoms with Crippen LogP contribution in [-0.2, 0) is 16.0 Å². The topological polar surface area (TPSA) is 185 Å². The van der Waals surface area contributed by atoms with Gasteiger partial charge in [0.15, 0.2) is 5.78 Å². The number of aliphatic hydroxyl groups excluding tert-OH is 2. The number of carbonyl (C=O) groups is 4. The van der Waals surface area contributed by atoms with E-state index < -0.39 is 42.6 Å². The van der Waals surface area contributed by atoms with E-state index in [1.54, 1.807) is 61.7 Å². The van der Waals surface area contributed by atoms with Crippen LogP contribution in [-0.4, -0.2) is 59.2 Å². The lowest BCUT2D eigenvalue weighted by Gasteiger charge is -2.31. The maximum Gasteiger partial charge on any atom is 0.417 e. The minimum Gasteiger partial charge on any atom is -0.507 e. The molecule has 1 aliphatic rings.